The first-order chi connectivity index (χ1) is 7.36. The summed E-state index contributed by atoms with van der Waals surface area (Å²) in [6.07, 6.45) is 6.60. The van der Waals surface area contributed by atoms with Crippen molar-refractivity contribution in [2.75, 3.05) is 0 Å². The molecule has 0 aromatic heterocycles. The fraction of sp³-hybridized carbons (Fsp3) is 0.538. The molecule has 0 spiro atoms. The number of rotatable bonds is 3. The second-order valence-electron chi connectivity index (χ2n) is 4.45. The molecule has 2 nitrogen and oxygen atoms in total. The van der Waals surface area contributed by atoms with E-state index >= 15 is 0 Å². The number of nitrogens with two attached hydrogens (primary N) is 1. The fourth-order valence-electron chi connectivity index (χ4n) is 2.34. The molecule has 0 heterocycles. The minimum atomic E-state index is 0.596. The van der Waals surface area contributed by atoms with Gasteiger partial charge in [0.25, 0.3) is 0 Å². The molecule has 1 aromatic carbocycles. The molecular formula is C13H20N2. The Morgan fingerprint density at radius 1 is 1.07 bits per heavy atom. The van der Waals surface area contributed by atoms with E-state index in [1.54, 1.807) is 0 Å². The molecule has 1 fully saturated rings. The highest BCUT2D eigenvalue weighted by Crippen LogP contribution is 2.21. The van der Waals surface area contributed by atoms with Crippen molar-refractivity contribution in [1.29, 1.82) is 0 Å². The second-order valence-corrected chi connectivity index (χ2v) is 4.45. The van der Waals surface area contributed by atoms with Crippen molar-refractivity contribution in [3.63, 3.8) is 0 Å². The molecule has 2 rings (SSSR count). The van der Waals surface area contributed by atoms with E-state index in [4.69, 9.17) is 5.84 Å². The summed E-state index contributed by atoms with van der Waals surface area (Å²) in [5.74, 6) is 6.11. The predicted octanol–water partition coefficient (Wildman–Crippen LogP) is 2.70. The lowest BCUT2D eigenvalue weighted by molar-refractivity contribution is 0.150. The maximum absolute atomic E-state index is 6.11. The van der Waals surface area contributed by atoms with E-state index in [0.717, 1.165) is 6.54 Å². The van der Waals surface area contributed by atoms with E-state index in [2.05, 4.69) is 24.3 Å². The third-order valence-corrected chi connectivity index (χ3v) is 3.25. The maximum atomic E-state index is 6.11. The minimum Gasteiger partial charge on any atom is -0.268 e. The Morgan fingerprint density at radius 2 is 1.73 bits per heavy atom. The Kier molecular flexibility index (Phi) is 3.75. The van der Waals surface area contributed by atoms with Crippen LogP contribution in [0.2, 0.25) is 0 Å². The molecular weight excluding hydrogens is 184 g/mol. The van der Waals surface area contributed by atoms with Crippen LogP contribution in [0.3, 0.4) is 0 Å². The van der Waals surface area contributed by atoms with Crippen LogP contribution in [0.4, 0.5) is 0 Å². The molecule has 2 N–H and O–H groups in total. The Balaban J connectivity index is 1.88. The lowest BCUT2D eigenvalue weighted by atomic mass is 9.95. The lowest BCUT2D eigenvalue weighted by Gasteiger charge is -2.30. The Labute approximate surface area is 92.1 Å². The van der Waals surface area contributed by atoms with E-state index in [9.17, 15) is 0 Å². The molecule has 1 aliphatic carbocycles. The number of hydrogen-bond acceptors (Lipinski definition) is 2. The molecule has 0 atom stereocenters. The average Bonchev–Trinajstić information content (AvgIpc) is 2.31. The van der Waals surface area contributed by atoms with Crippen LogP contribution in [0, 0.1) is 0 Å². The summed E-state index contributed by atoms with van der Waals surface area (Å²) < 4.78 is 0. The Bertz CT molecular complexity index is 278. The molecule has 0 saturated heterocycles. The lowest BCUT2D eigenvalue weighted by Crippen LogP contribution is -2.41. The van der Waals surface area contributed by atoms with E-state index < -0.39 is 0 Å². The molecule has 0 unspecified atom stereocenters. The van der Waals surface area contributed by atoms with Crippen molar-refractivity contribution in [2.24, 2.45) is 5.84 Å². The van der Waals surface area contributed by atoms with Crippen LogP contribution in [-0.2, 0) is 6.54 Å². The first kappa shape index (κ1) is 10.7. The van der Waals surface area contributed by atoms with Gasteiger partial charge in [-0.25, -0.2) is 5.01 Å². The third kappa shape index (κ3) is 3.05. The Morgan fingerprint density at radius 3 is 2.40 bits per heavy atom. The largest absolute Gasteiger partial charge is 0.268 e. The van der Waals surface area contributed by atoms with Gasteiger partial charge in [-0.05, 0) is 18.4 Å². The summed E-state index contributed by atoms with van der Waals surface area (Å²) in [4.78, 5) is 0. The van der Waals surface area contributed by atoms with Gasteiger partial charge in [-0.3, -0.25) is 5.84 Å². The molecule has 1 aliphatic rings. The van der Waals surface area contributed by atoms with Crippen molar-refractivity contribution in [3.8, 4) is 0 Å². The van der Waals surface area contributed by atoms with Crippen molar-refractivity contribution in [3.05, 3.63) is 35.9 Å². The maximum Gasteiger partial charge on any atom is 0.0382 e. The SMILES string of the molecule is NN(Cc1ccccc1)C1CCCCC1. The number of hydrazine groups is 1. The van der Waals surface area contributed by atoms with Gasteiger partial charge in [-0.15, -0.1) is 0 Å². The summed E-state index contributed by atoms with van der Waals surface area (Å²) in [6.45, 7) is 0.880. The number of hydrogen-bond donors (Lipinski definition) is 1. The summed E-state index contributed by atoms with van der Waals surface area (Å²) >= 11 is 0. The van der Waals surface area contributed by atoms with Crippen LogP contribution < -0.4 is 5.84 Å². The zero-order valence-corrected chi connectivity index (χ0v) is 9.23. The number of benzene rings is 1. The second kappa shape index (κ2) is 5.29. The van der Waals surface area contributed by atoms with E-state index in [1.807, 2.05) is 11.1 Å². The molecule has 0 amide bonds. The van der Waals surface area contributed by atoms with Gasteiger partial charge < -0.3 is 0 Å². The molecule has 2 heteroatoms. The van der Waals surface area contributed by atoms with Crippen LogP contribution in [0.5, 0.6) is 0 Å². The van der Waals surface area contributed by atoms with Gasteiger partial charge in [0.05, 0.1) is 0 Å². The first-order valence-electron chi connectivity index (χ1n) is 5.91. The van der Waals surface area contributed by atoms with Crippen molar-refractivity contribution < 1.29 is 0 Å². The standard InChI is InChI=1S/C13H20N2/c14-15(13-9-5-2-6-10-13)11-12-7-3-1-4-8-12/h1,3-4,7-8,13H,2,5-6,9-11,14H2. The summed E-state index contributed by atoms with van der Waals surface area (Å²) in [6, 6.07) is 11.1. The number of nitrogens with zero attached hydrogens (tertiary/aromatic N) is 1. The van der Waals surface area contributed by atoms with Gasteiger partial charge in [0.1, 0.15) is 0 Å². The van der Waals surface area contributed by atoms with Crippen LogP contribution in [0.15, 0.2) is 30.3 Å². The predicted molar refractivity (Wildman–Crippen MR) is 63.0 cm³/mol. The zero-order valence-electron chi connectivity index (χ0n) is 9.23. The quantitative estimate of drug-likeness (QED) is 0.606. The van der Waals surface area contributed by atoms with E-state index in [0.29, 0.717) is 6.04 Å². The summed E-state index contributed by atoms with van der Waals surface area (Å²) in [5, 5.41) is 2.02. The monoisotopic (exact) mass is 204 g/mol. The van der Waals surface area contributed by atoms with Gasteiger partial charge in [0.15, 0.2) is 0 Å². The highest BCUT2D eigenvalue weighted by atomic mass is 15.4. The van der Waals surface area contributed by atoms with Crippen molar-refractivity contribution in [1.82, 2.24) is 5.01 Å². The van der Waals surface area contributed by atoms with Gasteiger partial charge in [0.2, 0.25) is 0 Å². The van der Waals surface area contributed by atoms with Crippen LogP contribution in [0.1, 0.15) is 37.7 Å². The summed E-state index contributed by atoms with van der Waals surface area (Å²) in [5.41, 5.74) is 1.31. The van der Waals surface area contributed by atoms with Crippen LogP contribution >= 0.6 is 0 Å². The molecule has 1 aromatic rings. The van der Waals surface area contributed by atoms with Crippen LogP contribution in [-0.4, -0.2) is 11.1 Å². The van der Waals surface area contributed by atoms with Gasteiger partial charge in [-0.2, -0.15) is 0 Å². The molecule has 0 radical (unpaired) electrons. The molecule has 1 saturated carbocycles. The highest BCUT2D eigenvalue weighted by Gasteiger charge is 2.18. The molecule has 0 bridgehead atoms. The average molecular weight is 204 g/mol. The van der Waals surface area contributed by atoms with Crippen LogP contribution in [0.25, 0.3) is 0 Å². The topological polar surface area (TPSA) is 29.3 Å². The third-order valence-electron chi connectivity index (χ3n) is 3.25. The smallest absolute Gasteiger partial charge is 0.0382 e. The normalized spacial score (nSPS) is 18.3. The van der Waals surface area contributed by atoms with Crippen molar-refractivity contribution in [2.45, 2.75) is 44.7 Å². The van der Waals surface area contributed by atoms with Gasteiger partial charge >= 0.3 is 0 Å². The van der Waals surface area contributed by atoms with E-state index in [-0.39, 0.29) is 0 Å². The zero-order chi connectivity index (χ0) is 10.5. The highest BCUT2D eigenvalue weighted by molar-refractivity contribution is 5.14. The summed E-state index contributed by atoms with van der Waals surface area (Å²) in [7, 11) is 0. The molecule has 82 valence electrons. The molecule has 15 heavy (non-hydrogen) atoms. The van der Waals surface area contributed by atoms with Gasteiger partial charge in [-0.1, -0.05) is 49.6 Å². The fourth-order valence-corrected chi connectivity index (χ4v) is 2.34. The van der Waals surface area contributed by atoms with E-state index in [1.165, 1.54) is 37.7 Å². The minimum absolute atomic E-state index is 0.596. The van der Waals surface area contributed by atoms with Crippen molar-refractivity contribution >= 4 is 0 Å². The van der Waals surface area contributed by atoms with Gasteiger partial charge in [0, 0.05) is 12.6 Å². The first-order valence-corrected chi connectivity index (χ1v) is 5.91. The Hall–Kier alpha value is -0.860. The molecule has 0 aliphatic heterocycles.